The van der Waals surface area contributed by atoms with Crippen molar-refractivity contribution < 1.29 is 17.9 Å². The molecule has 0 atom stereocenters. The number of hydrogen-bond donors (Lipinski definition) is 1. The minimum absolute atomic E-state index is 0.165. The van der Waals surface area contributed by atoms with E-state index in [1.807, 2.05) is 42.5 Å². The fourth-order valence-electron chi connectivity index (χ4n) is 3.81. The van der Waals surface area contributed by atoms with Crippen LogP contribution in [-0.4, -0.2) is 38.3 Å². The van der Waals surface area contributed by atoms with Gasteiger partial charge in [-0.3, -0.25) is 4.79 Å². The number of hydrogen-bond acceptors (Lipinski definition) is 4. The number of ether oxygens (including phenoxy) is 1. The summed E-state index contributed by atoms with van der Waals surface area (Å²) in [5.41, 5.74) is 0.727. The summed E-state index contributed by atoms with van der Waals surface area (Å²) < 4.78 is 32.8. The van der Waals surface area contributed by atoms with Crippen molar-refractivity contribution in [2.24, 2.45) is 0 Å². The van der Waals surface area contributed by atoms with Crippen molar-refractivity contribution in [2.75, 3.05) is 25.0 Å². The molecule has 0 bridgehead atoms. The number of amides is 1. The molecule has 3 aromatic carbocycles. The van der Waals surface area contributed by atoms with E-state index in [1.54, 1.807) is 16.4 Å². The Kier molecular flexibility index (Phi) is 6.53. The van der Waals surface area contributed by atoms with Crippen LogP contribution in [0.15, 0.2) is 71.6 Å². The molecule has 1 fully saturated rings. The van der Waals surface area contributed by atoms with Crippen molar-refractivity contribution in [1.29, 1.82) is 0 Å². The number of anilines is 1. The third kappa shape index (κ3) is 5.06. The molecule has 0 spiro atoms. The van der Waals surface area contributed by atoms with Gasteiger partial charge in [-0.05, 0) is 48.6 Å². The summed E-state index contributed by atoms with van der Waals surface area (Å²) in [4.78, 5) is 12.6. The molecule has 7 heteroatoms. The van der Waals surface area contributed by atoms with Crippen LogP contribution >= 0.6 is 0 Å². The van der Waals surface area contributed by atoms with Gasteiger partial charge in [0.25, 0.3) is 5.91 Å². The second kappa shape index (κ2) is 9.49. The largest absolute Gasteiger partial charge is 0.484 e. The third-order valence-corrected chi connectivity index (χ3v) is 7.37. The summed E-state index contributed by atoms with van der Waals surface area (Å²) in [7, 11) is -3.50. The zero-order valence-corrected chi connectivity index (χ0v) is 18.1. The van der Waals surface area contributed by atoms with E-state index in [-0.39, 0.29) is 17.4 Å². The topological polar surface area (TPSA) is 75.7 Å². The van der Waals surface area contributed by atoms with Crippen molar-refractivity contribution in [1.82, 2.24) is 4.31 Å². The molecular weight excluding hydrogens is 412 g/mol. The van der Waals surface area contributed by atoms with Crippen LogP contribution in [0.1, 0.15) is 25.7 Å². The van der Waals surface area contributed by atoms with Gasteiger partial charge < -0.3 is 10.1 Å². The first-order valence-corrected chi connectivity index (χ1v) is 12.0. The Balaban J connectivity index is 1.37. The van der Waals surface area contributed by atoms with Crippen LogP contribution in [0.3, 0.4) is 0 Å². The molecule has 1 amide bonds. The lowest BCUT2D eigenvalue weighted by molar-refractivity contribution is -0.118. The fraction of sp³-hybridized carbons (Fsp3) is 0.292. The molecule has 6 nitrogen and oxygen atoms in total. The maximum atomic E-state index is 12.8. The van der Waals surface area contributed by atoms with Crippen LogP contribution in [0.2, 0.25) is 0 Å². The maximum absolute atomic E-state index is 12.8. The number of carbonyl (C=O) groups excluding carboxylic acids is 1. The van der Waals surface area contributed by atoms with Crippen LogP contribution in [0.25, 0.3) is 10.8 Å². The number of nitrogens with zero attached hydrogens (tertiary/aromatic N) is 1. The molecule has 4 rings (SSSR count). The number of sulfonamides is 1. The van der Waals surface area contributed by atoms with E-state index in [0.29, 0.717) is 18.8 Å². The highest BCUT2D eigenvalue weighted by Crippen LogP contribution is 2.24. The van der Waals surface area contributed by atoms with Crippen LogP contribution in [0.5, 0.6) is 5.75 Å². The van der Waals surface area contributed by atoms with E-state index in [1.165, 1.54) is 12.1 Å². The molecule has 1 aliphatic heterocycles. The van der Waals surface area contributed by atoms with Crippen LogP contribution in [-0.2, 0) is 14.8 Å². The lowest BCUT2D eigenvalue weighted by Gasteiger charge is -2.20. The highest BCUT2D eigenvalue weighted by Gasteiger charge is 2.25. The monoisotopic (exact) mass is 438 g/mol. The van der Waals surface area contributed by atoms with Gasteiger partial charge in [0.15, 0.2) is 6.61 Å². The molecule has 31 heavy (non-hydrogen) atoms. The van der Waals surface area contributed by atoms with Crippen molar-refractivity contribution in [3.05, 3.63) is 66.7 Å². The predicted octanol–water partition coefficient (Wildman–Crippen LogP) is 4.42. The van der Waals surface area contributed by atoms with Gasteiger partial charge in [0.2, 0.25) is 10.0 Å². The van der Waals surface area contributed by atoms with Crippen molar-refractivity contribution in [3.8, 4) is 5.75 Å². The Morgan fingerprint density at radius 2 is 1.55 bits per heavy atom. The average Bonchev–Trinajstić information content (AvgIpc) is 3.09. The Labute approximate surface area is 182 Å². The molecule has 1 saturated heterocycles. The van der Waals surface area contributed by atoms with Gasteiger partial charge >= 0.3 is 0 Å². The Morgan fingerprint density at radius 3 is 2.29 bits per heavy atom. The van der Waals surface area contributed by atoms with Gasteiger partial charge in [-0.2, -0.15) is 4.31 Å². The molecule has 0 saturated carbocycles. The normalized spacial score (nSPS) is 15.4. The van der Waals surface area contributed by atoms with Gasteiger partial charge in [-0.25, -0.2) is 8.42 Å². The highest BCUT2D eigenvalue weighted by molar-refractivity contribution is 7.89. The molecule has 0 aromatic heterocycles. The quantitative estimate of drug-likeness (QED) is 0.618. The van der Waals surface area contributed by atoms with Crippen molar-refractivity contribution in [2.45, 2.75) is 30.6 Å². The first-order chi connectivity index (χ1) is 15.0. The summed E-state index contributed by atoms with van der Waals surface area (Å²) in [5.74, 6) is 0.167. The van der Waals surface area contributed by atoms with Gasteiger partial charge in [-0.1, -0.05) is 49.2 Å². The molecule has 0 radical (unpaired) electrons. The van der Waals surface area contributed by atoms with E-state index in [0.717, 1.165) is 42.1 Å². The van der Waals surface area contributed by atoms with E-state index in [4.69, 9.17) is 4.74 Å². The predicted molar refractivity (Wildman–Crippen MR) is 122 cm³/mol. The van der Waals surface area contributed by atoms with Gasteiger partial charge in [0, 0.05) is 24.2 Å². The van der Waals surface area contributed by atoms with Crippen molar-refractivity contribution >= 4 is 32.4 Å². The van der Waals surface area contributed by atoms with Gasteiger partial charge in [0.05, 0.1) is 4.90 Å². The lowest BCUT2D eigenvalue weighted by Crippen LogP contribution is -2.31. The number of carbonyl (C=O) groups is 1. The van der Waals surface area contributed by atoms with Crippen LogP contribution < -0.4 is 10.1 Å². The zero-order chi connectivity index (χ0) is 21.7. The van der Waals surface area contributed by atoms with Gasteiger partial charge in [0.1, 0.15) is 5.75 Å². The summed E-state index contributed by atoms with van der Waals surface area (Å²) in [5, 5.41) is 4.88. The van der Waals surface area contributed by atoms with Crippen LogP contribution in [0, 0.1) is 0 Å². The fourth-order valence-corrected chi connectivity index (χ4v) is 5.33. The highest BCUT2D eigenvalue weighted by atomic mass is 32.2. The summed E-state index contributed by atoms with van der Waals surface area (Å²) in [6, 6.07) is 19.8. The van der Waals surface area contributed by atoms with E-state index < -0.39 is 10.0 Å². The summed E-state index contributed by atoms with van der Waals surface area (Å²) in [6.07, 6.45) is 3.93. The Bertz CT molecular complexity index is 1150. The Hall–Kier alpha value is -2.90. The first kappa shape index (κ1) is 21.3. The molecule has 0 aliphatic carbocycles. The van der Waals surface area contributed by atoms with E-state index >= 15 is 0 Å². The number of fused-ring (bicyclic) bond motifs is 1. The average molecular weight is 439 g/mol. The second-order valence-electron chi connectivity index (χ2n) is 7.65. The summed E-state index contributed by atoms with van der Waals surface area (Å²) >= 11 is 0. The van der Waals surface area contributed by atoms with Crippen molar-refractivity contribution in [3.63, 3.8) is 0 Å². The Morgan fingerprint density at radius 1 is 0.871 bits per heavy atom. The SMILES string of the molecule is O=C(COc1ccc(S(=O)(=O)N2CCCCCC2)cc1)Nc1cccc2ccccc12. The second-order valence-corrected chi connectivity index (χ2v) is 9.59. The standard InChI is InChI=1S/C24H26N2O4S/c27-24(25-23-11-7-9-19-8-3-4-10-22(19)23)18-30-20-12-14-21(15-13-20)31(28,29)26-16-5-1-2-6-17-26/h3-4,7-15H,1-2,5-6,16-18H2,(H,25,27). The maximum Gasteiger partial charge on any atom is 0.262 e. The number of nitrogens with one attached hydrogen (secondary N) is 1. The van der Waals surface area contributed by atoms with E-state index in [2.05, 4.69) is 5.32 Å². The molecule has 162 valence electrons. The lowest BCUT2D eigenvalue weighted by atomic mass is 10.1. The molecule has 1 aliphatic rings. The number of rotatable bonds is 6. The van der Waals surface area contributed by atoms with E-state index in [9.17, 15) is 13.2 Å². The molecule has 3 aromatic rings. The molecule has 0 unspecified atom stereocenters. The third-order valence-electron chi connectivity index (χ3n) is 5.46. The molecule has 1 N–H and O–H groups in total. The van der Waals surface area contributed by atoms with Gasteiger partial charge in [-0.15, -0.1) is 0 Å². The summed E-state index contributed by atoms with van der Waals surface area (Å²) in [6.45, 7) is 0.964. The molecular formula is C24H26N2O4S. The zero-order valence-electron chi connectivity index (χ0n) is 17.3. The van der Waals surface area contributed by atoms with Crippen LogP contribution in [0.4, 0.5) is 5.69 Å². The molecule has 1 heterocycles. The minimum atomic E-state index is -3.50. The first-order valence-electron chi connectivity index (χ1n) is 10.5. The smallest absolute Gasteiger partial charge is 0.262 e. The number of benzene rings is 3. The minimum Gasteiger partial charge on any atom is -0.484 e.